The summed E-state index contributed by atoms with van der Waals surface area (Å²) in [7, 11) is 0. The van der Waals surface area contributed by atoms with Crippen LogP contribution < -0.4 is 5.56 Å². The van der Waals surface area contributed by atoms with E-state index in [4.69, 9.17) is 16.6 Å². The van der Waals surface area contributed by atoms with Crippen LogP contribution in [0, 0.1) is 18.8 Å². The molecule has 4 heterocycles. The largest absolute Gasteiger partial charge is 0.296 e. The maximum atomic E-state index is 13.5. The molecule has 0 spiro atoms. The molecular weight excluding hydrogens is 526 g/mol. The van der Waals surface area contributed by atoms with E-state index in [1.54, 1.807) is 15.9 Å². The summed E-state index contributed by atoms with van der Waals surface area (Å²) in [6, 6.07) is 24.7. The van der Waals surface area contributed by atoms with Gasteiger partial charge in [-0.15, -0.1) is 21.5 Å². The van der Waals surface area contributed by atoms with Crippen LogP contribution in [-0.4, -0.2) is 25.0 Å². The van der Waals surface area contributed by atoms with E-state index >= 15 is 0 Å². The summed E-state index contributed by atoms with van der Waals surface area (Å²) in [4.78, 5) is 18.6. The molecule has 3 aromatic heterocycles. The van der Waals surface area contributed by atoms with E-state index in [2.05, 4.69) is 22.0 Å². The number of nitrogens with zero attached hydrogens (tertiary/aromatic N) is 5. The van der Waals surface area contributed by atoms with E-state index in [1.165, 1.54) is 0 Å². The van der Waals surface area contributed by atoms with Crippen molar-refractivity contribution in [3.63, 3.8) is 0 Å². The van der Waals surface area contributed by atoms with Crippen molar-refractivity contribution >= 4 is 50.3 Å². The highest BCUT2D eigenvalue weighted by atomic mass is 35.5. The zero-order valence-corrected chi connectivity index (χ0v) is 22.4. The standard InChI is InChI=1S/C31H20ClN5OS/c1-19-34-35-29-26(33-28(23-12-4-6-13-25(23)32)24-16-18-39-31(24)37(19)29)14-8-17-36-27-15-7-5-10-21(27)20-9-2-3-11-22(20)30(36)38/h2-7,9-13,15-16,18,26H,17H2,1H3. The van der Waals surface area contributed by atoms with Crippen molar-refractivity contribution in [2.24, 2.45) is 4.99 Å². The Morgan fingerprint density at radius 1 is 0.897 bits per heavy atom. The highest BCUT2D eigenvalue weighted by Gasteiger charge is 2.28. The minimum absolute atomic E-state index is 0.0686. The minimum Gasteiger partial charge on any atom is -0.296 e. The van der Waals surface area contributed by atoms with Crippen LogP contribution in [0.2, 0.25) is 5.02 Å². The molecule has 188 valence electrons. The SMILES string of the molecule is Cc1nnc2n1-c1sccc1C(c1ccccc1Cl)=NC2C#CCn1c(=O)c2ccccc2c2ccccc21. The van der Waals surface area contributed by atoms with Crippen LogP contribution in [0.25, 0.3) is 26.7 Å². The highest BCUT2D eigenvalue weighted by molar-refractivity contribution is 7.13. The van der Waals surface area contributed by atoms with Gasteiger partial charge in [0.1, 0.15) is 10.8 Å². The first-order valence-corrected chi connectivity index (χ1v) is 13.7. The van der Waals surface area contributed by atoms with E-state index in [0.29, 0.717) is 16.2 Å². The van der Waals surface area contributed by atoms with Gasteiger partial charge in [0.2, 0.25) is 0 Å². The Morgan fingerprint density at radius 2 is 1.64 bits per heavy atom. The van der Waals surface area contributed by atoms with Gasteiger partial charge in [0, 0.05) is 26.9 Å². The molecule has 1 aliphatic rings. The average Bonchev–Trinajstić information content (AvgIpc) is 3.56. The van der Waals surface area contributed by atoms with Crippen molar-refractivity contribution in [1.82, 2.24) is 19.3 Å². The highest BCUT2D eigenvalue weighted by Crippen LogP contribution is 2.35. The second-order valence-corrected chi connectivity index (χ2v) is 10.5. The molecule has 7 rings (SSSR count). The molecular formula is C31H20ClN5OS. The van der Waals surface area contributed by atoms with Gasteiger partial charge in [0.15, 0.2) is 11.9 Å². The number of hydrogen-bond donors (Lipinski definition) is 0. The lowest BCUT2D eigenvalue weighted by Crippen LogP contribution is -2.20. The third-order valence-electron chi connectivity index (χ3n) is 6.95. The number of halogens is 1. The average molecular weight is 546 g/mol. The predicted octanol–water partition coefficient (Wildman–Crippen LogP) is 6.35. The van der Waals surface area contributed by atoms with Gasteiger partial charge in [-0.2, -0.15) is 0 Å². The molecule has 0 amide bonds. The van der Waals surface area contributed by atoms with E-state index in [-0.39, 0.29) is 12.1 Å². The molecule has 0 aliphatic carbocycles. The maximum absolute atomic E-state index is 13.5. The molecule has 0 saturated carbocycles. The van der Waals surface area contributed by atoms with Crippen LogP contribution in [0.4, 0.5) is 0 Å². The molecule has 1 unspecified atom stereocenters. The Hall–Kier alpha value is -4.51. The summed E-state index contributed by atoms with van der Waals surface area (Å²) in [5, 5.41) is 15.1. The van der Waals surface area contributed by atoms with Gasteiger partial charge in [-0.25, -0.2) is 0 Å². The third-order valence-corrected chi connectivity index (χ3v) is 8.18. The van der Waals surface area contributed by atoms with Gasteiger partial charge < -0.3 is 0 Å². The van der Waals surface area contributed by atoms with Crippen LogP contribution in [0.15, 0.2) is 94.0 Å². The van der Waals surface area contributed by atoms with Crippen LogP contribution in [-0.2, 0) is 6.54 Å². The Kier molecular flexibility index (Phi) is 5.66. The number of rotatable bonds is 2. The van der Waals surface area contributed by atoms with Gasteiger partial charge in [0.05, 0.1) is 17.8 Å². The lowest BCUT2D eigenvalue weighted by atomic mass is 10.0. The van der Waals surface area contributed by atoms with Crippen LogP contribution in [0.1, 0.15) is 28.8 Å². The molecule has 8 heteroatoms. The van der Waals surface area contributed by atoms with Gasteiger partial charge >= 0.3 is 0 Å². The number of aromatic nitrogens is 4. The first-order chi connectivity index (χ1) is 19.1. The molecule has 0 bridgehead atoms. The van der Waals surface area contributed by atoms with Gasteiger partial charge in [-0.05, 0) is 42.0 Å². The topological polar surface area (TPSA) is 65.1 Å². The Labute approximate surface area is 232 Å². The number of aliphatic imine (C=N–C) groups is 1. The molecule has 1 atom stereocenters. The van der Waals surface area contributed by atoms with E-state index in [1.807, 2.05) is 95.7 Å². The lowest BCUT2D eigenvalue weighted by molar-refractivity contribution is 0.797. The number of thiophene rings is 1. The summed E-state index contributed by atoms with van der Waals surface area (Å²) in [5.41, 5.74) is 3.32. The molecule has 6 aromatic rings. The van der Waals surface area contributed by atoms with E-state index in [9.17, 15) is 4.79 Å². The van der Waals surface area contributed by atoms with Crippen molar-refractivity contribution in [2.75, 3.05) is 0 Å². The van der Waals surface area contributed by atoms with Gasteiger partial charge in [-0.1, -0.05) is 78.0 Å². The summed E-state index contributed by atoms with van der Waals surface area (Å²) in [6.45, 7) is 2.14. The zero-order chi connectivity index (χ0) is 26.5. The molecule has 0 N–H and O–H groups in total. The number of para-hydroxylation sites is 1. The van der Waals surface area contributed by atoms with Crippen molar-refractivity contribution in [3.8, 4) is 16.8 Å². The fraction of sp³-hybridized carbons (Fsp3) is 0.0968. The van der Waals surface area contributed by atoms with Crippen molar-refractivity contribution in [3.05, 3.63) is 122 Å². The van der Waals surface area contributed by atoms with E-state index in [0.717, 1.165) is 44.0 Å². The first-order valence-electron chi connectivity index (χ1n) is 12.4. The van der Waals surface area contributed by atoms with Crippen molar-refractivity contribution in [2.45, 2.75) is 19.5 Å². The van der Waals surface area contributed by atoms with Crippen LogP contribution >= 0.6 is 22.9 Å². The smallest absolute Gasteiger partial charge is 0.259 e. The Bertz CT molecular complexity index is 2070. The van der Waals surface area contributed by atoms with Gasteiger partial charge in [0.25, 0.3) is 5.56 Å². The normalized spacial score (nSPS) is 14.3. The number of benzene rings is 3. The van der Waals surface area contributed by atoms with Crippen molar-refractivity contribution < 1.29 is 0 Å². The molecule has 0 radical (unpaired) electrons. The van der Waals surface area contributed by atoms with E-state index < -0.39 is 6.04 Å². The molecule has 39 heavy (non-hydrogen) atoms. The van der Waals surface area contributed by atoms with Crippen molar-refractivity contribution in [1.29, 1.82) is 0 Å². The fourth-order valence-corrected chi connectivity index (χ4v) is 6.34. The monoisotopic (exact) mass is 545 g/mol. The fourth-order valence-electron chi connectivity index (χ4n) is 5.16. The second-order valence-electron chi connectivity index (χ2n) is 9.22. The van der Waals surface area contributed by atoms with Crippen LogP contribution in [0.3, 0.4) is 0 Å². The zero-order valence-electron chi connectivity index (χ0n) is 20.8. The quantitative estimate of drug-likeness (QED) is 0.188. The minimum atomic E-state index is -0.598. The maximum Gasteiger partial charge on any atom is 0.259 e. The van der Waals surface area contributed by atoms with Gasteiger partial charge in [-0.3, -0.25) is 18.9 Å². The summed E-state index contributed by atoms with van der Waals surface area (Å²) < 4.78 is 3.75. The lowest BCUT2D eigenvalue weighted by Gasteiger charge is -2.11. The first kappa shape index (κ1) is 23.6. The molecule has 1 aliphatic heterocycles. The summed E-state index contributed by atoms with van der Waals surface area (Å²) in [6.07, 6.45) is 0. The predicted molar refractivity (Wildman–Crippen MR) is 157 cm³/mol. The number of hydrogen-bond acceptors (Lipinski definition) is 5. The number of aryl methyl sites for hydroxylation is 1. The third kappa shape index (κ3) is 3.80. The number of fused-ring (bicyclic) bond motifs is 6. The second kappa shape index (κ2) is 9.35. The molecule has 3 aromatic carbocycles. The molecule has 6 nitrogen and oxygen atoms in total. The summed E-state index contributed by atoms with van der Waals surface area (Å²) >= 11 is 8.22. The Morgan fingerprint density at radius 3 is 2.49 bits per heavy atom. The number of pyridine rings is 1. The summed E-state index contributed by atoms with van der Waals surface area (Å²) in [5.74, 6) is 7.95. The molecule has 0 saturated heterocycles. The van der Waals surface area contributed by atoms with Crippen LogP contribution in [0.5, 0.6) is 0 Å². The molecule has 0 fully saturated rings. The Balaban J connectivity index is 1.39.